The summed E-state index contributed by atoms with van der Waals surface area (Å²) in [6.45, 7) is 3.58. The molecule has 0 unspecified atom stereocenters. The number of carbonyl (C=O) groups is 2. The van der Waals surface area contributed by atoms with Crippen LogP contribution in [0.5, 0.6) is 0 Å². The van der Waals surface area contributed by atoms with Gasteiger partial charge < -0.3 is 9.47 Å². The second kappa shape index (κ2) is 7.21. The predicted octanol–water partition coefficient (Wildman–Crippen LogP) is 0.695. The van der Waals surface area contributed by atoms with Crippen molar-refractivity contribution in [3.05, 3.63) is 0 Å². The molecule has 0 aliphatic heterocycles. The van der Waals surface area contributed by atoms with Crippen LogP contribution in [0.15, 0.2) is 0 Å². The third kappa shape index (κ3) is 4.14. The van der Waals surface area contributed by atoms with Gasteiger partial charge in [-0.1, -0.05) is 0 Å². The highest BCUT2D eigenvalue weighted by Gasteiger charge is 2.30. The lowest BCUT2D eigenvalue weighted by molar-refractivity contribution is -0.152. The molecule has 0 rings (SSSR count). The number of ether oxygens (including phenoxy) is 2. The molecule has 0 amide bonds. The number of hydrogen-bond acceptors (Lipinski definition) is 6. The molecule has 0 N–H and O–H groups in total. The molecule has 0 bridgehead atoms. The summed E-state index contributed by atoms with van der Waals surface area (Å²) in [5.74, 6) is -1.48. The minimum absolute atomic E-state index is 0.167. The standard InChI is InChI=1S/C8H11NO4S/c1-3-12-7(10)6(14-5-9)8(11)13-4-2/h6H,3-4H2,1-2H3. The number of hydrogen-bond donors (Lipinski definition) is 0. The lowest BCUT2D eigenvalue weighted by atomic mass is 10.4. The highest BCUT2D eigenvalue weighted by atomic mass is 32.2. The summed E-state index contributed by atoms with van der Waals surface area (Å²) in [7, 11) is 0. The maximum atomic E-state index is 11.2. The van der Waals surface area contributed by atoms with Gasteiger partial charge in [-0.05, 0) is 25.6 Å². The lowest BCUT2D eigenvalue weighted by Gasteiger charge is -2.09. The average molecular weight is 217 g/mol. The molecule has 5 nitrogen and oxygen atoms in total. The number of thioether (sulfide) groups is 1. The van der Waals surface area contributed by atoms with Crippen molar-refractivity contribution in [3.63, 3.8) is 0 Å². The molecule has 0 radical (unpaired) electrons. The van der Waals surface area contributed by atoms with E-state index >= 15 is 0 Å². The van der Waals surface area contributed by atoms with Crippen molar-refractivity contribution < 1.29 is 19.1 Å². The topological polar surface area (TPSA) is 76.4 Å². The van der Waals surface area contributed by atoms with E-state index in [1.807, 2.05) is 0 Å². The van der Waals surface area contributed by atoms with E-state index < -0.39 is 17.2 Å². The molecule has 14 heavy (non-hydrogen) atoms. The van der Waals surface area contributed by atoms with E-state index in [0.717, 1.165) is 0 Å². The van der Waals surface area contributed by atoms with Crippen LogP contribution in [0.4, 0.5) is 0 Å². The Kier molecular flexibility index (Phi) is 6.58. The van der Waals surface area contributed by atoms with Crippen LogP contribution in [0.2, 0.25) is 0 Å². The summed E-state index contributed by atoms with van der Waals surface area (Å²) in [6, 6.07) is 0. The summed E-state index contributed by atoms with van der Waals surface area (Å²) in [5, 5.41) is 8.84. The lowest BCUT2D eigenvalue weighted by Crippen LogP contribution is -2.30. The molecule has 0 spiro atoms. The van der Waals surface area contributed by atoms with Gasteiger partial charge in [-0.25, -0.2) is 0 Å². The molecule has 0 saturated heterocycles. The van der Waals surface area contributed by atoms with Gasteiger partial charge in [-0.3, -0.25) is 9.59 Å². The first kappa shape index (κ1) is 12.8. The fourth-order valence-electron chi connectivity index (χ4n) is 0.681. The second-order valence-electron chi connectivity index (χ2n) is 2.09. The molecule has 0 atom stereocenters. The van der Waals surface area contributed by atoms with Gasteiger partial charge in [0.15, 0.2) is 0 Å². The van der Waals surface area contributed by atoms with E-state index in [1.165, 1.54) is 0 Å². The molecule has 78 valence electrons. The summed E-state index contributed by atoms with van der Waals surface area (Å²) < 4.78 is 9.22. The summed E-state index contributed by atoms with van der Waals surface area (Å²) in [5.41, 5.74) is 0. The molecule has 0 aromatic carbocycles. The molecular formula is C8H11NO4S. The predicted molar refractivity (Wildman–Crippen MR) is 50.3 cm³/mol. The minimum Gasteiger partial charge on any atom is -0.465 e. The van der Waals surface area contributed by atoms with E-state index in [-0.39, 0.29) is 13.2 Å². The van der Waals surface area contributed by atoms with Crippen LogP contribution in [0.1, 0.15) is 13.8 Å². The van der Waals surface area contributed by atoms with Crippen molar-refractivity contribution in [1.29, 1.82) is 5.26 Å². The van der Waals surface area contributed by atoms with Crippen LogP contribution in [0.25, 0.3) is 0 Å². The number of nitriles is 1. The van der Waals surface area contributed by atoms with Gasteiger partial charge in [0, 0.05) is 0 Å². The van der Waals surface area contributed by atoms with Gasteiger partial charge in [-0.15, -0.1) is 0 Å². The van der Waals surface area contributed by atoms with E-state index in [0.29, 0.717) is 11.8 Å². The minimum atomic E-state index is -1.19. The number of thiocyanates is 1. The second-order valence-corrected chi connectivity index (χ2v) is 2.98. The SMILES string of the molecule is CCOC(=O)C(SC#N)C(=O)OCC. The molecule has 0 heterocycles. The first-order valence-corrected chi connectivity index (χ1v) is 4.93. The maximum absolute atomic E-state index is 11.2. The number of nitrogens with zero attached hydrogens (tertiary/aromatic N) is 1. The largest absolute Gasteiger partial charge is 0.465 e. The average Bonchev–Trinajstić information content (AvgIpc) is 2.14. The smallest absolute Gasteiger partial charge is 0.331 e. The zero-order valence-corrected chi connectivity index (χ0v) is 8.80. The molecule has 0 aliphatic carbocycles. The number of rotatable bonds is 5. The molecule has 0 aromatic rings. The van der Waals surface area contributed by atoms with Crippen LogP contribution >= 0.6 is 11.8 Å². The molecule has 6 heteroatoms. The normalized spacial score (nSPS) is 9.29. The van der Waals surface area contributed by atoms with E-state index in [2.05, 4.69) is 9.47 Å². The Morgan fingerprint density at radius 1 is 1.29 bits per heavy atom. The fourth-order valence-corrected chi connectivity index (χ4v) is 1.11. The molecule has 0 fully saturated rings. The molecule has 0 aromatic heterocycles. The van der Waals surface area contributed by atoms with Gasteiger partial charge in [0.2, 0.25) is 5.25 Å². The van der Waals surface area contributed by atoms with Gasteiger partial charge >= 0.3 is 11.9 Å². The van der Waals surface area contributed by atoms with Crippen molar-refractivity contribution in [1.82, 2.24) is 0 Å². The van der Waals surface area contributed by atoms with Gasteiger partial charge in [0.1, 0.15) is 5.40 Å². The first-order valence-electron chi connectivity index (χ1n) is 4.05. The third-order valence-electron chi connectivity index (χ3n) is 1.17. The molecule has 0 saturated carbocycles. The van der Waals surface area contributed by atoms with Crippen molar-refractivity contribution in [2.75, 3.05) is 13.2 Å². The Morgan fingerprint density at radius 3 is 2.00 bits per heavy atom. The molecular weight excluding hydrogens is 206 g/mol. The van der Waals surface area contributed by atoms with Crippen molar-refractivity contribution in [2.24, 2.45) is 0 Å². The zero-order chi connectivity index (χ0) is 11.0. The van der Waals surface area contributed by atoms with Crippen molar-refractivity contribution >= 4 is 23.7 Å². The Labute approximate surface area is 86.4 Å². The highest BCUT2D eigenvalue weighted by Crippen LogP contribution is 2.12. The summed E-state index contributed by atoms with van der Waals surface area (Å²) >= 11 is 0.529. The highest BCUT2D eigenvalue weighted by molar-refractivity contribution is 8.05. The van der Waals surface area contributed by atoms with Crippen LogP contribution < -0.4 is 0 Å². The molecule has 0 aliphatic rings. The fraction of sp³-hybridized carbons (Fsp3) is 0.625. The zero-order valence-electron chi connectivity index (χ0n) is 7.98. The Bertz CT molecular complexity index is 230. The first-order chi connectivity index (χ1) is 6.67. The van der Waals surface area contributed by atoms with Crippen molar-refractivity contribution in [3.8, 4) is 5.40 Å². The van der Waals surface area contributed by atoms with Crippen molar-refractivity contribution in [2.45, 2.75) is 19.1 Å². The summed E-state index contributed by atoms with van der Waals surface area (Å²) in [6.07, 6.45) is 0. The van der Waals surface area contributed by atoms with Gasteiger partial charge in [0.05, 0.1) is 13.2 Å². The van der Waals surface area contributed by atoms with Gasteiger partial charge in [-0.2, -0.15) is 5.26 Å². The monoisotopic (exact) mass is 217 g/mol. The summed E-state index contributed by atoms with van der Waals surface area (Å²) in [4.78, 5) is 22.3. The van der Waals surface area contributed by atoms with E-state index in [1.54, 1.807) is 19.2 Å². The Balaban J connectivity index is 4.35. The van der Waals surface area contributed by atoms with Crippen LogP contribution in [-0.2, 0) is 19.1 Å². The Morgan fingerprint density at radius 2 is 1.71 bits per heavy atom. The van der Waals surface area contributed by atoms with Gasteiger partial charge in [0.25, 0.3) is 0 Å². The van der Waals surface area contributed by atoms with Crippen LogP contribution in [0.3, 0.4) is 0 Å². The number of carbonyl (C=O) groups excluding carboxylic acids is 2. The van der Waals surface area contributed by atoms with Crippen LogP contribution in [0, 0.1) is 10.7 Å². The van der Waals surface area contributed by atoms with E-state index in [4.69, 9.17) is 5.26 Å². The number of esters is 2. The van der Waals surface area contributed by atoms with E-state index in [9.17, 15) is 9.59 Å². The van der Waals surface area contributed by atoms with Crippen LogP contribution in [-0.4, -0.2) is 30.4 Å². The maximum Gasteiger partial charge on any atom is 0.331 e. The quantitative estimate of drug-likeness (QED) is 0.383. The Hall–Kier alpha value is -1.22. The third-order valence-corrected chi connectivity index (χ3v) is 1.90.